The summed E-state index contributed by atoms with van der Waals surface area (Å²) >= 11 is 1.60. The Morgan fingerprint density at radius 1 is 1.32 bits per heavy atom. The summed E-state index contributed by atoms with van der Waals surface area (Å²) in [5, 5.41) is 4.81. The zero-order valence-electron chi connectivity index (χ0n) is 20.6. The molecule has 1 aliphatic carbocycles. The van der Waals surface area contributed by atoms with E-state index in [0.29, 0.717) is 50.9 Å². The molecule has 2 aromatic rings. The van der Waals surface area contributed by atoms with Gasteiger partial charge in [0, 0.05) is 34.6 Å². The summed E-state index contributed by atoms with van der Waals surface area (Å²) in [6, 6.07) is 2.74. The predicted octanol–water partition coefficient (Wildman–Crippen LogP) is 4.00. The van der Waals surface area contributed by atoms with Crippen LogP contribution in [0.25, 0.3) is 10.4 Å². The monoisotopic (exact) mass is 531 g/mol. The Labute approximate surface area is 218 Å². The SMILES string of the molecule is CCOC(=O)N1CCc2cc(-c3cnc(N)c(/C(=N/N)N(N)C4CCC/C=C\C(F)=C/4F)c3)sc2CC1. The molecule has 1 atom stereocenters. The Bertz CT molecular complexity index is 1220. The van der Waals surface area contributed by atoms with Gasteiger partial charge in [-0.05, 0) is 62.8 Å². The van der Waals surface area contributed by atoms with E-state index in [9.17, 15) is 13.6 Å². The normalized spacial score (nSPS) is 21.5. The highest BCUT2D eigenvalue weighted by molar-refractivity contribution is 7.15. The van der Waals surface area contributed by atoms with E-state index in [0.717, 1.165) is 27.1 Å². The lowest BCUT2D eigenvalue weighted by atomic mass is 10.0. The van der Waals surface area contributed by atoms with Crippen molar-refractivity contribution in [1.82, 2.24) is 14.9 Å². The van der Waals surface area contributed by atoms with Gasteiger partial charge in [-0.2, -0.15) is 5.10 Å². The number of nitrogens with two attached hydrogens (primary N) is 3. The number of carbonyl (C=O) groups excluding carboxylic acids is 1. The highest BCUT2D eigenvalue weighted by Crippen LogP contribution is 2.35. The number of thiophene rings is 1. The highest BCUT2D eigenvalue weighted by Gasteiger charge is 2.29. The molecule has 0 aromatic carbocycles. The third-order valence-corrected chi connectivity index (χ3v) is 7.75. The number of allylic oxidation sites excluding steroid dienone is 3. The Hall–Kier alpha value is -3.51. The van der Waals surface area contributed by atoms with Gasteiger partial charge in [-0.15, -0.1) is 11.3 Å². The zero-order chi connectivity index (χ0) is 26.5. The maximum absolute atomic E-state index is 14.8. The van der Waals surface area contributed by atoms with E-state index < -0.39 is 17.7 Å². The first-order valence-electron chi connectivity index (χ1n) is 12.2. The van der Waals surface area contributed by atoms with Crippen molar-refractivity contribution in [2.45, 2.75) is 45.1 Å². The lowest BCUT2D eigenvalue weighted by Crippen LogP contribution is -2.47. The van der Waals surface area contributed by atoms with Crippen molar-refractivity contribution in [2.24, 2.45) is 16.8 Å². The topological polar surface area (TPSA) is 136 Å². The third kappa shape index (κ3) is 5.75. The summed E-state index contributed by atoms with van der Waals surface area (Å²) in [6.07, 6.45) is 6.94. The van der Waals surface area contributed by atoms with Crippen LogP contribution in [-0.4, -0.2) is 52.6 Å². The number of rotatable bonds is 4. The fourth-order valence-electron chi connectivity index (χ4n) is 4.49. The molecule has 1 unspecified atom stereocenters. The number of fused-ring (bicyclic) bond motifs is 1. The van der Waals surface area contributed by atoms with Gasteiger partial charge in [0.25, 0.3) is 0 Å². The number of amides is 1. The minimum absolute atomic E-state index is 0.00699. The summed E-state index contributed by atoms with van der Waals surface area (Å²) in [5.74, 6) is 10.1. The summed E-state index contributed by atoms with van der Waals surface area (Å²) in [4.78, 5) is 20.3. The van der Waals surface area contributed by atoms with Crippen LogP contribution in [0.1, 0.15) is 42.2 Å². The van der Waals surface area contributed by atoms with Gasteiger partial charge >= 0.3 is 6.09 Å². The van der Waals surface area contributed by atoms with E-state index in [4.69, 9.17) is 22.2 Å². The van der Waals surface area contributed by atoms with Gasteiger partial charge in [0.1, 0.15) is 11.9 Å². The van der Waals surface area contributed by atoms with Crippen molar-refractivity contribution in [2.75, 3.05) is 25.4 Å². The molecular weight excluding hydrogens is 500 g/mol. The second-order valence-corrected chi connectivity index (χ2v) is 9.94. The number of hydrogen-bond donors (Lipinski definition) is 3. The maximum atomic E-state index is 14.8. The minimum Gasteiger partial charge on any atom is -0.450 e. The van der Waals surface area contributed by atoms with E-state index in [-0.39, 0.29) is 24.2 Å². The molecule has 1 amide bonds. The first-order valence-corrected chi connectivity index (χ1v) is 13.0. The second-order valence-electron chi connectivity index (χ2n) is 8.81. The molecule has 37 heavy (non-hydrogen) atoms. The number of anilines is 1. The minimum atomic E-state index is -1.09. The van der Waals surface area contributed by atoms with Gasteiger partial charge in [-0.25, -0.2) is 24.4 Å². The first-order chi connectivity index (χ1) is 17.8. The van der Waals surface area contributed by atoms with Gasteiger partial charge in [-0.3, -0.25) is 5.01 Å². The third-order valence-electron chi connectivity index (χ3n) is 6.46. The van der Waals surface area contributed by atoms with Gasteiger partial charge in [0.05, 0.1) is 12.2 Å². The number of carbonyl (C=O) groups is 1. The average molecular weight is 532 g/mol. The maximum Gasteiger partial charge on any atom is 0.409 e. The largest absolute Gasteiger partial charge is 0.450 e. The number of halogens is 2. The van der Waals surface area contributed by atoms with Crippen LogP contribution >= 0.6 is 11.3 Å². The van der Waals surface area contributed by atoms with E-state index in [2.05, 4.69) is 16.2 Å². The number of hydrogen-bond acceptors (Lipinski definition) is 8. The van der Waals surface area contributed by atoms with Crippen molar-refractivity contribution < 1.29 is 18.3 Å². The van der Waals surface area contributed by atoms with Gasteiger partial charge in [0.2, 0.25) is 0 Å². The fraction of sp³-hybridized carbons (Fsp3) is 0.400. The molecule has 3 heterocycles. The molecule has 2 aliphatic rings. The number of hydrazine groups is 1. The van der Waals surface area contributed by atoms with Crippen molar-refractivity contribution >= 4 is 29.1 Å². The Kier molecular flexibility index (Phi) is 8.39. The summed E-state index contributed by atoms with van der Waals surface area (Å²) in [5.41, 5.74) is 8.40. The lowest BCUT2D eigenvalue weighted by Gasteiger charge is -2.29. The molecule has 0 bridgehead atoms. The molecule has 0 spiro atoms. The zero-order valence-corrected chi connectivity index (χ0v) is 21.4. The Morgan fingerprint density at radius 2 is 2.11 bits per heavy atom. The van der Waals surface area contributed by atoms with Crippen molar-refractivity contribution in [3.05, 3.63) is 58.1 Å². The van der Waals surface area contributed by atoms with Crippen LogP contribution in [-0.2, 0) is 17.6 Å². The van der Waals surface area contributed by atoms with Crippen molar-refractivity contribution in [3.63, 3.8) is 0 Å². The molecule has 0 radical (unpaired) electrons. The number of nitrogens with zero attached hydrogens (tertiary/aromatic N) is 4. The molecule has 9 nitrogen and oxygen atoms in total. The van der Waals surface area contributed by atoms with Crippen LogP contribution in [0.3, 0.4) is 0 Å². The van der Waals surface area contributed by atoms with Crippen LogP contribution in [0.5, 0.6) is 0 Å². The van der Waals surface area contributed by atoms with Crippen molar-refractivity contribution in [1.29, 1.82) is 0 Å². The average Bonchev–Trinajstić information content (AvgIpc) is 3.18. The smallest absolute Gasteiger partial charge is 0.409 e. The number of ether oxygens (including phenoxy) is 1. The predicted molar refractivity (Wildman–Crippen MR) is 141 cm³/mol. The number of aromatic nitrogens is 1. The van der Waals surface area contributed by atoms with Crippen LogP contribution in [0.15, 0.2) is 47.2 Å². The summed E-state index contributed by atoms with van der Waals surface area (Å²) in [7, 11) is 0. The van der Waals surface area contributed by atoms with Crippen LogP contribution in [0, 0.1) is 0 Å². The number of nitrogen functional groups attached to an aromatic ring is 1. The standard InChI is InChI=1S/C25H31F2N7O2S/c1-2-36-25(35)33-10-8-15-13-21(37-20(15)9-11-33)16-12-17(23(28)31-14-16)24(32-29)34(30)19-7-5-3-4-6-18(26)22(19)27/h4,6,12-14,19H,2-3,5,7-11,29-30H2,1H3,(H2,28,31)/b6-4-,22-18-,32-24-. The van der Waals surface area contributed by atoms with Crippen LogP contribution in [0.2, 0.25) is 0 Å². The number of amidine groups is 1. The van der Waals surface area contributed by atoms with Gasteiger partial charge in [-0.1, -0.05) is 6.08 Å². The van der Waals surface area contributed by atoms with Gasteiger partial charge < -0.3 is 21.2 Å². The van der Waals surface area contributed by atoms with E-state index in [1.54, 1.807) is 41.5 Å². The number of pyridine rings is 1. The second kappa shape index (κ2) is 11.7. The Balaban J connectivity index is 1.60. The van der Waals surface area contributed by atoms with E-state index >= 15 is 0 Å². The highest BCUT2D eigenvalue weighted by atomic mass is 32.1. The molecule has 6 N–H and O–H groups in total. The molecule has 4 rings (SSSR count). The lowest BCUT2D eigenvalue weighted by molar-refractivity contribution is 0.109. The molecule has 198 valence electrons. The Morgan fingerprint density at radius 3 is 2.86 bits per heavy atom. The molecule has 0 saturated heterocycles. The first kappa shape index (κ1) is 26.6. The summed E-state index contributed by atoms with van der Waals surface area (Å²) in [6.45, 7) is 3.29. The van der Waals surface area contributed by atoms with Crippen LogP contribution < -0.4 is 17.4 Å². The quantitative estimate of drug-likeness (QED) is 0.235. The van der Waals surface area contributed by atoms with Gasteiger partial charge in [0.15, 0.2) is 17.5 Å². The van der Waals surface area contributed by atoms with Crippen LogP contribution in [0.4, 0.5) is 19.4 Å². The molecule has 0 saturated carbocycles. The summed E-state index contributed by atoms with van der Waals surface area (Å²) < 4.78 is 34.2. The number of hydrazone groups is 1. The molecule has 1 aliphatic heterocycles. The van der Waals surface area contributed by atoms with E-state index in [1.165, 1.54) is 4.88 Å². The molecule has 12 heteroatoms. The van der Waals surface area contributed by atoms with Crippen molar-refractivity contribution in [3.8, 4) is 10.4 Å². The molecular formula is C25H31F2N7O2S. The molecule has 2 aromatic heterocycles. The van der Waals surface area contributed by atoms with E-state index in [1.807, 2.05) is 0 Å². The fourth-order valence-corrected chi connectivity index (χ4v) is 5.67. The molecule has 0 fully saturated rings.